The van der Waals surface area contributed by atoms with E-state index in [1.165, 1.54) is 6.07 Å². The number of hydrogen-bond donors (Lipinski definition) is 4. The number of aromatic nitrogens is 3. The van der Waals surface area contributed by atoms with Gasteiger partial charge >= 0.3 is 0 Å². The Morgan fingerprint density at radius 1 is 1.38 bits per heavy atom. The lowest BCUT2D eigenvalue weighted by atomic mass is 10.0. The molecule has 2 aromatic rings. The van der Waals surface area contributed by atoms with E-state index in [9.17, 15) is 14.6 Å². The monoisotopic (exact) mass is 313 g/mol. The van der Waals surface area contributed by atoms with Crippen molar-refractivity contribution in [3.05, 3.63) is 28.4 Å². The molecular formula is C12H12FN3O4S. The molecule has 1 fully saturated rings. The molecule has 0 radical (unpaired) electrons. The summed E-state index contributed by atoms with van der Waals surface area (Å²) >= 11 is 5.14. The number of aromatic amines is 1. The summed E-state index contributed by atoms with van der Waals surface area (Å²) in [6.07, 6.45) is -3.29. The minimum Gasteiger partial charge on any atom is -0.394 e. The number of nitrogens with one attached hydrogen (secondary N) is 1. The molecule has 1 saturated heterocycles. The largest absolute Gasteiger partial charge is 0.394 e. The standard InChI is InChI=1S/C12H12FN3O4S/c13-7-2-14-5-1-4(12(21)16-11(5)15-7)10-9(19)8(18)6(3-17)20-10/h1-2,6,8-10,17-19H,3H2,(H,15,16,21). The van der Waals surface area contributed by atoms with Crippen molar-refractivity contribution < 1.29 is 24.4 Å². The van der Waals surface area contributed by atoms with Gasteiger partial charge in [-0.15, -0.1) is 0 Å². The number of aliphatic hydroxyl groups is 3. The third-order valence-corrected chi connectivity index (χ3v) is 3.74. The van der Waals surface area contributed by atoms with Gasteiger partial charge in [0.05, 0.1) is 12.8 Å². The molecular weight excluding hydrogens is 301 g/mol. The van der Waals surface area contributed by atoms with Crippen LogP contribution >= 0.6 is 12.2 Å². The molecule has 3 rings (SSSR count). The zero-order valence-corrected chi connectivity index (χ0v) is 11.4. The van der Waals surface area contributed by atoms with Crippen LogP contribution in [0.1, 0.15) is 11.7 Å². The lowest BCUT2D eigenvalue weighted by molar-refractivity contribution is -0.0229. The summed E-state index contributed by atoms with van der Waals surface area (Å²) in [5.41, 5.74) is 0.911. The molecule has 21 heavy (non-hydrogen) atoms. The lowest BCUT2D eigenvalue weighted by Crippen LogP contribution is -2.32. The van der Waals surface area contributed by atoms with E-state index in [0.717, 1.165) is 6.20 Å². The number of pyridine rings is 1. The number of rotatable bonds is 2. The van der Waals surface area contributed by atoms with Gasteiger partial charge in [0.15, 0.2) is 5.65 Å². The molecule has 4 N–H and O–H groups in total. The van der Waals surface area contributed by atoms with Gasteiger partial charge in [0, 0.05) is 5.56 Å². The summed E-state index contributed by atoms with van der Waals surface area (Å²) in [5, 5.41) is 28.9. The predicted molar refractivity (Wildman–Crippen MR) is 71.4 cm³/mol. The lowest BCUT2D eigenvalue weighted by Gasteiger charge is -2.15. The van der Waals surface area contributed by atoms with E-state index in [0.29, 0.717) is 11.1 Å². The fourth-order valence-electron chi connectivity index (χ4n) is 2.34. The Hall–Kier alpha value is -1.52. The number of H-pyrrole nitrogens is 1. The van der Waals surface area contributed by atoms with Gasteiger partial charge in [-0.3, -0.25) is 0 Å². The molecule has 0 aliphatic carbocycles. The van der Waals surface area contributed by atoms with Crippen molar-refractivity contribution in [3.63, 3.8) is 0 Å². The Kier molecular flexibility index (Phi) is 3.68. The van der Waals surface area contributed by atoms with Gasteiger partial charge in [0.1, 0.15) is 34.6 Å². The highest BCUT2D eigenvalue weighted by Crippen LogP contribution is 2.34. The van der Waals surface area contributed by atoms with Gasteiger partial charge in [-0.25, -0.2) is 4.98 Å². The topological polar surface area (TPSA) is 111 Å². The Morgan fingerprint density at radius 3 is 2.81 bits per heavy atom. The second kappa shape index (κ2) is 5.35. The first-order valence-electron chi connectivity index (χ1n) is 6.19. The number of ether oxygens (including phenoxy) is 1. The first kappa shape index (κ1) is 14.4. The fraction of sp³-hybridized carbons (Fsp3) is 0.417. The molecule has 0 aromatic carbocycles. The minimum absolute atomic E-state index is 0.176. The average molecular weight is 313 g/mol. The Bertz CT molecular complexity index is 740. The van der Waals surface area contributed by atoms with Crippen LogP contribution in [-0.4, -0.2) is 55.2 Å². The Balaban J connectivity index is 2.07. The van der Waals surface area contributed by atoms with Crippen LogP contribution in [0.25, 0.3) is 11.2 Å². The maximum absolute atomic E-state index is 13.0. The molecule has 4 unspecified atom stereocenters. The van der Waals surface area contributed by atoms with Crippen LogP contribution < -0.4 is 0 Å². The molecule has 0 saturated carbocycles. The molecule has 9 heteroatoms. The Labute approximate surface area is 123 Å². The quantitative estimate of drug-likeness (QED) is 0.577. The van der Waals surface area contributed by atoms with Gasteiger partial charge in [-0.05, 0) is 6.07 Å². The van der Waals surface area contributed by atoms with E-state index in [1.54, 1.807) is 0 Å². The van der Waals surface area contributed by atoms with Gasteiger partial charge < -0.3 is 25.0 Å². The van der Waals surface area contributed by atoms with Crippen molar-refractivity contribution in [1.82, 2.24) is 15.0 Å². The van der Waals surface area contributed by atoms with Crippen molar-refractivity contribution in [2.75, 3.05) is 6.61 Å². The number of nitrogens with zero attached hydrogens (tertiary/aromatic N) is 2. The molecule has 3 heterocycles. The minimum atomic E-state index is -1.23. The van der Waals surface area contributed by atoms with Crippen LogP contribution in [0.3, 0.4) is 0 Å². The summed E-state index contributed by atoms with van der Waals surface area (Å²) in [4.78, 5) is 10.2. The summed E-state index contributed by atoms with van der Waals surface area (Å²) in [7, 11) is 0. The van der Waals surface area contributed by atoms with Crippen molar-refractivity contribution >= 4 is 23.4 Å². The summed E-state index contributed by atoms with van der Waals surface area (Å²) in [6.45, 7) is -0.427. The SMILES string of the molecule is OCC1OC(c2cc3ncc(F)nc3[nH]c2=S)C(O)C1O. The molecule has 4 atom stereocenters. The van der Waals surface area contributed by atoms with Crippen LogP contribution in [0.15, 0.2) is 12.3 Å². The van der Waals surface area contributed by atoms with Gasteiger partial charge in [-0.2, -0.15) is 9.37 Å². The average Bonchev–Trinajstić information content (AvgIpc) is 2.74. The normalized spacial score (nSPS) is 29.1. The van der Waals surface area contributed by atoms with Crippen molar-refractivity contribution in [1.29, 1.82) is 0 Å². The van der Waals surface area contributed by atoms with Crippen LogP contribution in [0.2, 0.25) is 0 Å². The van der Waals surface area contributed by atoms with Crippen LogP contribution in [0.5, 0.6) is 0 Å². The van der Waals surface area contributed by atoms with E-state index >= 15 is 0 Å². The predicted octanol–water partition coefficient (Wildman–Crippen LogP) is -0.0195. The number of halogens is 1. The van der Waals surface area contributed by atoms with Crippen molar-refractivity contribution in [2.24, 2.45) is 0 Å². The van der Waals surface area contributed by atoms with Gasteiger partial charge in [0.2, 0.25) is 5.95 Å². The smallest absolute Gasteiger partial charge is 0.233 e. The highest BCUT2D eigenvalue weighted by Gasteiger charge is 2.43. The second-order valence-corrected chi connectivity index (χ2v) is 5.15. The molecule has 0 bridgehead atoms. The van der Waals surface area contributed by atoms with Gasteiger partial charge in [0.25, 0.3) is 0 Å². The first-order valence-corrected chi connectivity index (χ1v) is 6.60. The summed E-state index contributed by atoms with van der Waals surface area (Å²) in [6, 6.07) is 1.51. The number of hydrogen-bond acceptors (Lipinski definition) is 7. The summed E-state index contributed by atoms with van der Waals surface area (Å²) in [5.74, 6) is -0.742. The number of fused-ring (bicyclic) bond motifs is 1. The molecule has 112 valence electrons. The molecule has 0 spiro atoms. The maximum atomic E-state index is 13.0. The highest BCUT2D eigenvalue weighted by molar-refractivity contribution is 7.71. The zero-order valence-electron chi connectivity index (χ0n) is 10.6. The molecule has 1 aliphatic heterocycles. The molecule has 2 aromatic heterocycles. The highest BCUT2D eigenvalue weighted by atomic mass is 32.1. The van der Waals surface area contributed by atoms with Gasteiger partial charge in [-0.1, -0.05) is 12.2 Å². The third kappa shape index (κ3) is 2.43. The van der Waals surface area contributed by atoms with Crippen molar-refractivity contribution in [3.8, 4) is 0 Å². The van der Waals surface area contributed by atoms with Crippen LogP contribution in [0, 0.1) is 10.6 Å². The van der Waals surface area contributed by atoms with E-state index in [2.05, 4.69) is 15.0 Å². The maximum Gasteiger partial charge on any atom is 0.233 e. The Morgan fingerprint density at radius 2 is 2.14 bits per heavy atom. The van der Waals surface area contributed by atoms with E-state index < -0.39 is 37.0 Å². The zero-order chi connectivity index (χ0) is 15.1. The number of aliphatic hydroxyl groups excluding tert-OH is 3. The van der Waals surface area contributed by atoms with E-state index in [4.69, 9.17) is 22.1 Å². The fourth-order valence-corrected chi connectivity index (χ4v) is 2.61. The molecule has 0 amide bonds. The molecule has 1 aliphatic rings. The first-order chi connectivity index (χ1) is 10.0. The van der Waals surface area contributed by atoms with Crippen LogP contribution in [0.4, 0.5) is 4.39 Å². The van der Waals surface area contributed by atoms with E-state index in [-0.39, 0.29) is 10.3 Å². The third-order valence-electron chi connectivity index (χ3n) is 3.41. The van der Waals surface area contributed by atoms with Crippen molar-refractivity contribution in [2.45, 2.75) is 24.4 Å². The molecule has 7 nitrogen and oxygen atoms in total. The van der Waals surface area contributed by atoms with Crippen LogP contribution in [-0.2, 0) is 4.74 Å². The summed E-state index contributed by atoms with van der Waals surface area (Å²) < 4.78 is 18.6. The second-order valence-electron chi connectivity index (χ2n) is 4.74. The van der Waals surface area contributed by atoms with E-state index in [1.807, 2.05) is 0 Å².